The predicted octanol–water partition coefficient (Wildman–Crippen LogP) is 3.77. The average molecular weight is 358 g/mol. The molecule has 1 aliphatic heterocycles. The maximum Gasteiger partial charge on any atom is 0.338 e. The first-order valence-corrected chi connectivity index (χ1v) is 8.90. The number of esters is 1. The van der Waals surface area contributed by atoms with Gasteiger partial charge in [0.15, 0.2) is 5.11 Å². The van der Waals surface area contributed by atoms with Gasteiger partial charge in [-0.1, -0.05) is 37.3 Å². The Morgan fingerprint density at radius 3 is 2.67 bits per heavy atom. The molecular weight excluding hydrogens is 340 g/mol. The van der Waals surface area contributed by atoms with Crippen molar-refractivity contribution in [2.75, 3.05) is 7.11 Å². The normalized spacial score (nSPS) is 17.2. The van der Waals surface area contributed by atoms with Gasteiger partial charge in [-0.3, -0.25) is 0 Å². The summed E-state index contributed by atoms with van der Waals surface area (Å²) in [5.74, 6) is -0.339. The highest BCUT2D eigenvalue weighted by atomic mass is 32.1. The summed E-state index contributed by atoms with van der Waals surface area (Å²) in [5, 5.41) is 6.80. The van der Waals surface area contributed by atoms with Crippen molar-refractivity contribution < 1.29 is 9.53 Å². The van der Waals surface area contributed by atoms with Crippen molar-refractivity contribution in [3.63, 3.8) is 0 Å². The van der Waals surface area contributed by atoms with E-state index in [9.17, 15) is 4.79 Å². The van der Waals surface area contributed by atoms with E-state index in [2.05, 4.69) is 28.8 Å². The lowest BCUT2D eigenvalue weighted by atomic mass is 10.00. The molecule has 0 bridgehead atoms. The Labute approximate surface area is 150 Å². The number of rotatable bonds is 4. The first kappa shape index (κ1) is 16.7. The van der Waals surface area contributed by atoms with Gasteiger partial charge in [0, 0.05) is 15.5 Å². The second-order valence-corrected chi connectivity index (χ2v) is 6.86. The fraction of sp³-hybridized carbons (Fsp3) is 0.222. The molecule has 1 atom stereocenters. The molecule has 4 nitrogen and oxygen atoms in total. The van der Waals surface area contributed by atoms with Crippen molar-refractivity contribution in [3.05, 3.63) is 58.6 Å². The average Bonchev–Trinajstić information content (AvgIpc) is 3.11. The van der Waals surface area contributed by atoms with Gasteiger partial charge in [-0.05, 0) is 36.3 Å². The molecule has 0 amide bonds. The monoisotopic (exact) mass is 358 g/mol. The number of benzene rings is 1. The van der Waals surface area contributed by atoms with Crippen molar-refractivity contribution >= 4 is 34.6 Å². The fourth-order valence-electron chi connectivity index (χ4n) is 2.73. The molecule has 0 unspecified atom stereocenters. The summed E-state index contributed by atoms with van der Waals surface area (Å²) in [6.07, 6.45) is 0.680. The Balaban J connectivity index is 2.02. The Bertz CT molecular complexity index is 796. The Morgan fingerprint density at radius 1 is 1.25 bits per heavy atom. The number of allylic oxidation sites excluding steroid dienone is 1. The number of thiocarbonyl (C=S) groups is 1. The van der Waals surface area contributed by atoms with Gasteiger partial charge in [0.1, 0.15) is 0 Å². The molecule has 0 saturated carbocycles. The smallest absolute Gasteiger partial charge is 0.338 e. The minimum Gasteiger partial charge on any atom is -0.466 e. The highest BCUT2D eigenvalue weighted by Gasteiger charge is 2.32. The highest BCUT2D eigenvalue weighted by molar-refractivity contribution is 7.80. The number of thiophene rings is 1. The van der Waals surface area contributed by atoms with Crippen LogP contribution in [-0.2, 0) is 9.53 Å². The zero-order valence-corrected chi connectivity index (χ0v) is 15.1. The minimum absolute atomic E-state index is 0.288. The molecule has 124 valence electrons. The lowest BCUT2D eigenvalue weighted by molar-refractivity contribution is -0.136. The molecule has 2 N–H and O–H groups in total. The van der Waals surface area contributed by atoms with E-state index in [-0.39, 0.29) is 12.0 Å². The summed E-state index contributed by atoms with van der Waals surface area (Å²) in [6.45, 7) is 1.99. The first-order chi connectivity index (χ1) is 11.6. The van der Waals surface area contributed by atoms with Crippen LogP contribution in [0.15, 0.2) is 53.7 Å². The largest absolute Gasteiger partial charge is 0.466 e. The number of carbonyl (C=O) groups excluding carboxylic acids is 1. The van der Waals surface area contributed by atoms with Crippen molar-refractivity contribution in [1.29, 1.82) is 0 Å². The van der Waals surface area contributed by atoms with E-state index in [1.807, 2.05) is 31.2 Å². The van der Waals surface area contributed by atoms with E-state index in [4.69, 9.17) is 17.0 Å². The molecule has 1 aromatic carbocycles. The maximum atomic E-state index is 12.3. The summed E-state index contributed by atoms with van der Waals surface area (Å²) in [7, 11) is 1.40. The molecule has 1 aromatic heterocycles. The molecule has 0 fully saturated rings. The molecule has 3 rings (SSSR count). The number of methoxy groups -OCH3 is 1. The number of hydrogen-bond donors (Lipinski definition) is 2. The van der Waals surface area contributed by atoms with Crippen molar-refractivity contribution in [1.82, 2.24) is 10.6 Å². The number of nitrogens with one attached hydrogen (secondary N) is 2. The van der Waals surface area contributed by atoms with E-state index in [1.54, 1.807) is 11.3 Å². The topological polar surface area (TPSA) is 50.4 Å². The molecule has 0 aliphatic carbocycles. The molecule has 6 heteroatoms. The number of carbonyl (C=O) groups is 1. The van der Waals surface area contributed by atoms with Crippen LogP contribution in [0.5, 0.6) is 0 Å². The van der Waals surface area contributed by atoms with Crippen molar-refractivity contribution in [2.24, 2.45) is 0 Å². The second kappa shape index (κ2) is 7.15. The highest BCUT2D eigenvalue weighted by Crippen LogP contribution is 2.36. The predicted molar refractivity (Wildman–Crippen MR) is 101 cm³/mol. The number of hydrogen-bond acceptors (Lipinski definition) is 4. The van der Waals surface area contributed by atoms with Crippen molar-refractivity contribution in [2.45, 2.75) is 19.4 Å². The van der Waals surface area contributed by atoms with Crippen LogP contribution < -0.4 is 10.6 Å². The van der Waals surface area contributed by atoms with Gasteiger partial charge in [0.2, 0.25) is 0 Å². The Morgan fingerprint density at radius 2 is 2.00 bits per heavy atom. The standard InChI is InChI=1S/C18H18N2O2S2/c1-3-12-15(17(21)22-2)16(20-18(23)19-12)14-10-9-13(24-14)11-7-5-4-6-8-11/h4-10,16H,3H2,1-2H3,(H2,19,20,23)/t16-/m0/s1. The van der Waals surface area contributed by atoms with E-state index < -0.39 is 0 Å². The van der Waals surface area contributed by atoms with E-state index in [0.717, 1.165) is 21.0 Å². The van der Waals surface area contributed by atoms with Crippen LogP contribution >= 0.6 is 23.6 Å². The summed E-state index contributed by atoms with van der Waals surface area (Å²) in [6, 6.07) is 14.0. The van der Waals surface area contributed by atoms with Gasteiger partial charge in [-0.25, -0.2) is 4.79 Å². The SMILES string of the molecule is CCC1=C(C(=O)OC)[C@H](c2ccc(-c3ccccc3)s2)NC(=S)N1. The van der Waals surface area contributed by atoms with Gasteiger partial charge in [0.25, 0.3) is 0 Å². The summed E-state index contributed by atoms with van der Waals surface area (Å²) in [5.41, 5.74) is 2.56. The van der Waals surface area contributed by atoms with Crippen molar-refractivity contribution in [3.8, 4) is 10.4 Å². The van der Waals surface area contributed by atoms with Crippen LogP contribution in [0.2, 0.25) is 0 Å². The van der Waals surface area contributed by atoms with Gasteiger partial charge in [-0.15, -0.1) is 11.3 Å². The Kier molecular flexibility index (Phi) is 4.97. The third kappa shape index (κ3) is 3.20. The lowest BCUT2D eigenvalue weighted by Crippen LogP contribution is -2.45. The molecule has 1 aliphatic rings. The molecule has 2 heterocycles. The zero-order chi connectivity index (χ0) is 17.1. The number of ether oxygens (including phenoxy) is 1. The second-order valence-electron chi connectivity index (χ2n) is 5.34. The Hall–Kier alpha value is -2.18. The van der Waals surface area contributed by atoms with Gasteiger partial charge < -0.3 is 15.4 Å². The fourth-order valence-corrected chi connectivity index (χ4v) is 4.04. The van der Waals surface area contributed by atoms with Crippen LogP contribution in [0, 0.1) is 0 Å². The molecule has 0 saturated heterocycles. The molecular formula is C18H18N2O2S2. The van der Waals surface area contributed by atoms with Gasteiger partial charge in [-0.2, -0.15) is 0 Å². The molecule has 24 heavy (non-hydrogen) atoms. The summed E-state index contributed by atoms with van der Waals surface area (Å²) in [4.78, 5) is 14.5. The van der Waals surface area contributed by atoms with Gasteiger partial charge >= 0.3 is 5.97 Å². The molecule has 0 radical (unpaired) electrons. The molecule has 2 aromatic rings. The summed E-state index contributed by atoms with van der Waals surface area (Å²) < 4.78 is 4.98. The van der Waals surface area contributed by atoms with Crippen LogP contribution in [0.1, 0.15) is 24.3 Å². The third-order valence-corrected chi connectivity index (χ3v) is 5.30. The lowest BCUT2D eigenvalue weighted by Gasteiger charge is -2.29. The van der Waals surface area contributed by atoms with Crippen LogP contribution in [0.4, 0.5) is 0 Å². The maximum absolute atomic E-state index is 12.3. The third-order valence-electron chi connectivity index (χ3n) is 3.88. The first-order valence-electron chi connectivity index (χ1n) is 7.68. The van der Waals surface area contributed by atoms with Gasteiger partial charge in [0.05, 0.1) is 18.7 Å². The van der Waals surface area contributed by atoms with Crippen LogP contribution in [0.3, 0.4) is 0 Å². The van der Waals surface area contributed by atoms with E-state index in [1.165, 1.54) is 7.11 Å². The zero-order valence-electron chi connectivity index (χ0n) is 13.5. The van der Waals surface area contributed by atoms with E-state index in [0.29, 0.717) is 17.1 Å². The van der Waals surface area contributed by atoms with Crippen LogP contribution in [-0.4, -0.2) is 18.2 Å². The quantitative estimate of drug-likeness (QED) is 0.644. The minimum atomic E-state index is -0.339. The van der Waals surface area contributed by atoms with E-state index >= 15 is 0 Å². The summed E-state index contributed by atoms with van der Waals surface area (Å²) >= 11 is 6.95. The molecule has 0 spiro atoms. The van der Waals surface area contributed by atoms with Crippen LogP contribution in [0.25, 0.3) is 10.4 Å².